The average Bonchev–Trinajstić information content (AvgIpc) is 2.80. The summed E-state index contributed by atoms with van der Waals surface area (Å²) in [5, 5.41) is 4.27. The van der Waals surface area contributed by atoms with Crippen LogP contribution in [0.15, 0.2) is 6.33 Å². The summed E-state index contributed by atoms with van der Waals surface area (Å²) in [6.45, 7) is 10.2. The Hall–Kier alpha value is -0.980. The summed E-state index contributed by atoms with van der Waals surface area (Å²) in [5.41, 5.74) is 5.58. The minimum atomic E-state index is 0.755. The van der Waals surface area contributed by atoms with Crippen molar-refractivity contribution in [2.45, 2.75) is 26.4 Å². The van der Waals surface area contributed by atoms with E-state index in [-0.39, 0.29) is 0 Å². The quantitative estimate of drug-likeness (QED) is 0.757. The number of aryl methyl sites for hydroxylation is 1. The lowest BCUT2D eigenvalue weighted by atomic mass is 10.3. The standard InChI is InChI=1S/C12H24N6/c1-2-4-18-12(14-11-15-18)10-17-8-6-16(5-3-13)7-9-17/h11H,2-10,13H2,1H3. The van der Waals surface area contributed by atoms with E-state index >= 15 is 0 Å². The number of hydrogen-bond acceptors (Lipinski definition) is 5. The van der Waals surface area contributed by atoms with Gasteiger partial charge >= 0.3 is 0 Å². The molecule has 1 aliphatic rings. The van der Waals surface area contributed by atoms with E-state index in [1.165, 1.54) is 0 Å². The predicted octanol–water partition coefficient (Wildman–Crippen LogP) is -0.236. The molecule has 0 atom stereocenters. The minimum absolute atomic E-state index is 0.755. The Morgan fingerprint density at radius 3 is 2.56 bits per heavy atom. The maximum atomic E-state index is 5.58. The molecular formula is C12H24N6. The van der Waals surface area contributed by atoms with Gasteiger partial charge in [0.1, 0.15) is 12.2 Å². The molecule has 1 aliphatic heterocycles. The number of hydrogen-bond donors (Lipinski definition) is 1. The summed E-state index contributed by atoms with van der Waals surface area (Å²) in [6, 6.07) is 0. The zero-order valence-electron chi connectivity index (χ0n) is 11.3. The van der Waals surface area contributed by atoms with Crippen LogP contribution in [-0.2, 0) is 13.1 Å². The second-order valence-electron chi connectivity index (χ2n) is 4.81. The van der Waals surface area contributed by atoms with Gasteiger partial charge in [-0.3, -0.25) is 9.80 Å². The SMILES string of the molecule is CCCn1ncnc1CN1CCN(CCN)CC1. The zero-order chi connectivity index (χ0) is 12.8. The Balaban J connectivity index is 1.82. The summed E-state index contributed by atoms with van der Waals surface area (Å²) in [4.78, 5) is 9.23. The van der Waals surface area contributed by atoms with Crippen molar-refractivity contribution in [2.24, 2.45) is 5.73 Å². The van der Waals surface area contributed by atoms with Gasteiger partial charge in [-0.15, -0.1) is 0 Å². The van der Waals surface area contributed by atoms with Gasteiger partial charge in [-0.1, -0.05) is 6.92 Å². The van der Waals surface area contributed by atoms with Crippen molar-refractivity contribution in [2.75, 3.05) is 39.3 Å². The molecule has 0 bridgehead atoms. The fourth-order valence-corrected chi connectivity index (χ4v) is 2.36. The van der Waals surface area contributed by atoms with E-state index in [1.54, 1.807) is 6.33 Å². The first kappa shape index (κ1) is 13.5. The highest BCUT2D eigenvalue weighted by Gasteiger charge is 2.17. The van der Waals surface area contributed by atoms with Crippen molar-refractivity contribution in [3.63, 3.8) is 0 Å². The molecule has 6 nitrogen and oxygen atoms in total. The second kappa shape index (κ2) is 6.82. The predicted molar refractivity (Wildman–Crippen MR) is 71.1 cm³/mol. The number of rotatable bonds is 6. The number of nitrogens with zero attached hydrogens (tertiary/aromatic N) is 5. The van der Waals surface area contributed by atoms with E-state index in [4.69, 9.17) is 5.73 Å². The van der Waals surface area contributed by atoms with Gasteiger partial charge in [0.15, 0.2) is 0 Å². The van der Waals surface area contributed by atoms with Crippen LogP contribution in [0.2, 0.25) is 0 Å². The fraction of sp³-hybridized carbons (Fsp3) is 0.833. The lowest BCUT2D eigenvalue weighted by Crippen LogP contribution is -2.47. The van der Waals surface area contributed by atoms with E-state index in [1.807, 2.05) is 4.68 Å². The second-order valence-corrected chi connectivity index (χ2v) is 4.81. The Morgan fingerprint density at radius 2 is 1.89 bits per heavy atom. The van der Waals surface area contributed by atoms with Gasteiger partial charge < -0.3 is 5.73 Å². The maximum absolute atomic E-state index is 5.58. The van der Waals surface area contributed by atoms with Crippen molar-refractivity contribution >= 4 is 0 Å². The smallest absolute Gasteiger partial charge is 0.141 e. The monoisotopic (exact) mass is 252 g/mol. The highest BCUT2D eigenvalue weighted by atomic mass is 15.4. The third-order valence-electron chi connectivity index (χ3n) is 3.41. The van der Waals surface area contributed by atoms with Crippen LogP contribution in [0.3, 0.4) is 0 Å². The molecule has 18 heavy (non-hydrogen) atoms. The lowest BCUT2D eigenvalue weighted by Gasteiger charge is -2.34. The van der Waals surface area contributed by atoms with Crippen molar-refractivity contribution in [3.05, 3.63) is 12.2 Å². The van der Waals surface area contributed by atoms with E-state index in [0.717, 1.165) is 64.6 Å². The molecule has 0 saturated carbocycles. The number of piperazine rings is 1. The van der Waals surface area contributed by atoms with Crippen molar-refractivity contribution < 1.29 is 0 Å². The molecule has 1 aromatic heterocycles. The van der Waals surface area contributed by atoms with E-state index in [0.29, 0.717) is 0 Å². The Labute approximate surface area is 109 Å². The number of nitrogens with two attached hydrogens (primary N) is 1. The van der Waals surface area contributed by atoms with E-state index in [9.17, 15) is 0 Å². The highest BCUT2D eigenvalue weighted by Crippen LogP contribution is 2.06. The molecule has 102 valence electrons. The van der Waals surface area contributed by atoms with Crippen LogP contribution in [0.1, 0.15) is 19.2 Å². The third kappa shape index (κ3) is 3.51. The third-order valence-corrected chi connectivity index (χ3v) is 3.41. The van der Waals surface area contributed by atoms with Crippen LogP contribution < -0.4 is 5.73 Å². The van der Waals surface area contributed by atoms with E-state index < -0.39 is 0 Å². The minimum Gasteiger partial charge on any atom is -0.329 e. The first-order valence-corrected chi connectivity index (χ1v) is 6.85. The maximum Gasteiger partial charge on any atom is 0.141 e. The molecule has 0 radical (unpaired) electrons. The molecule has 1 aromatic rings. The topological polar surface area (TPSA) is 63.2 Å². The van der Waals surface area contributed by atoms with Gasteiger partial charge in [0.2, 0.25) is 0 Å². The average molecular weight is 252 g/mol. The van der Waals surface area contributed by atoms with Crippen molar-refractivity contribution in [3.8, 4) is 0 Å². The van der Waals surface area contributed by atoms with Gasteiger partial charge in [-0.2, -0.15) is 5.10 Å². The Kier molecular flexibility index (Phi) is 5.10. The number of aromatic nitrogens is 3. The first-order chi connectivity index (χ1) is 8.83. The zero-order valence-corrected chi connectivity index (χ0v) is 11.3. The normalized spacial score (nSPS) is 18.3. The molecule has 2 rings (SSSR count). The molecule has 2 heterocycles. The van der Waals surface area contributed by atoms with Gasteiger partial charge in [0.25, 0.3) is 0 Å². The summed E-state index contributed by atoms with van der Waals surface area (Å²) in [6.07, 6.45) is 2.76. The largest absolute Gasteiger partial charge is 0.329 e. The van der Waals surface area contributed by atoms with Crippen LogP contribution in [0.4, 0.5) is 0 Å². The molecule has 0 unspecified atom stereocenters. The van der Waals surface area contributed by atoms with Crippen molar-refractivity contribution in [1.29, 1.82) is 0 Å². The van der Waals surface area contributed by atoms with Crippen LogP contribution in [0.5, 0.6) is 0 Å². The molecular weight excluding hydrogens is 228 g/mol. The van der Waals surface area contributed by atoms with Gasteiger partial charge in [0.05, 0.1) is 6.54 Å². The van der Waals surface area contributed by atoms with Gasteiger partial charge in [0, 0.05) is 45.8 Å². The van der Waals surface area contributed by atoms with Crippen LogP contribution in [-0.4, -0.2) is 63.8 Å². The molecule has 2 N–H and O–H groups in total. The fourth-order valence-electron chi connectivity index (χ4n) is 2.36. The summed E-state index contributed by atoms with van der Waals surface area (Å²) < 4.78 is 2.02. The Morgan fingerprint density at radius 1 is 1.17 bits per heavy atom. The van der Waals surface area contributed by atoms with Gasteiger partial charge in [-0.05, 0) is 6.42 Å². The Bertz CT molecular complexity index is 342. The molecule has 1 fully saturated rings. The molecule has 0 aliphatic carbocycles. The first-order valence-electron chi connectivity index (χ1n) is 6.85. The molecule has 6 heteroatoms. The summed E-state index contributed by atoms with van der Waals surface area (Å²) in [5.74, 6) is 1.09. The molecule has 0 amide bonds. The molecule has 0 spiro atoms. The van der Waals surface area contributed by atoms with Crippen molar-refractivity contribution in [1.82, 2.24) is 24.6 Å². The summed E-state index contributed by atoms with van der Waals surface area (Å²) >= 11 is 0. The van der Waals surface area contributed by atoms with Crippen LogP contribution >= 0.6 is 0 Å². The molecule has 1 saturated heterocycles. The van der Waals surface area contributed by atoms with Crippen LogP contribution in [0.25, 0.3) is 0 Å². The van der Waals surface area contributed by atoms with Gasteiger partial charge in [-0.25, -0.2) is 9.67 Å². The molecule has 0 aromatic carbocycles. The van der Waals surface area contributed by atoms with Crippen LogP contribution in [0, 0.1) is 0 Å². The summed E-state index contributed by atoms with van der Waals surface area (Å²) in [7, 11) is 0. The van der Waals surface area contributed by atoms with E-state index in [2.05, 4.69) is 26.8 Å². The highest BCUT2D eigenvalue weighted by molar-refractivity contribution is 4.86. The lowest BCUT2D eigenvalue weighted by molar-refractivity contribution is 0.126.